The van der Waals surface area contributed by atoms with Crippen LogP contribution in [0.5, 0.6) is 5.75 Å². The van der Waals surface area contributed by atoms with E-state index < -0.39 is 11.2 Å². The molecule has 1 amide bonds. The van der Waals surface area contributed by atoms with Gasteiger partial charge in [0.25, 0.3) is 5.56 Å². The molecule has 180 valence electrons. The molecule has 1 N–H and O–H groups in total. The summed E-state index contributed by atoms with van der Waals surface area (Å²) < 4.78 is 12.7. The van der Waals surface area contributed by atoms with Crippen molar-refractivity contribution in [3.05, 3.63) is 80.8 Å². The van der Waals surface area contributed by atoms with Crippen molar-refractivity contribution >= 4 is 11.6 Å². The monoisotopic (exact) mass is 476 g/mol. The summed E-state index contributed by atoms with van der Waals surface area (Å²) in [5.41, 5.74) is 0.717. The third kappa shape index (κ3) is 5.03. The number of aromatic nitrogens is 5. The summed E-state index contributed by atoms with van der Waals surface area (Å²) in [4.78, 5) is 42.3. The second-order valence-electron chi connectivity index (χ2n) is 7.69. The van der Waals surface area contributed by atoms with Crippen molar-refractivity contribution in [2.24, 2.45) is 0 Å². The molecule has 2 heterocycles. The number of nitrogens with one attached hydrogen (secondary N) is 1. The van der Waals surface area contributed by atoms with Crippen molar-refractivity contribution in [2.45, 2.75) is 33.2 Å². The summed E-state index contributed by atoms with van der Waals surface area (Å²) in [6.07, 6.45) is 0.210. The van der Waals surface area contributed by atoms with E-state index in [1.54, 1.807) is 37.3 Å². The van der Waals surface area contributed by atoms with Crippen LogP contribution in [0.2, 0.25) is 0 Å². The Hall–Kier alpha value is -4.54. The quantitative estimate of drug-likeness (QED) is 0.410. The molecule has 11 heteroatoms. The maximum Gasteiger partial charge on any atom is 0.352 e. The zero-order valence-corrected chi connectivity index (χ0v) is 19.5. The van der Waals surface area contributed by atoms with Crippen LogP contribution in [0.15, 0.2) is 62.6 Å². The maximum atomic E-state index is 12.9. The average Bonchev–Trinajstić information content (AvgIpc) is 3.33. The molecule has 0 saturated carbocycles. The molecule has 0 unspecified atom stereocenters. The highest BCUT2D eigenvalue weighted by molar-refractivity contribution is 5.92. The van der Waals surface area contributed by atoms with Crippen molar-refractivity contribution in [3.63, 3.8) is 0 Å². The molecule has 0 saturated heterocycles. The van der Waals surface area contributed by atoms with Crippen LogP contribution in [0.1, 0.15) is 24.8 Å². The van der Waals surface area contributed by atoms with Gasteiger partial charge in [0.2, 0.25) is 17.6 Å². The van der Waals surface area contributed by atoms with E-state index in [2.05, 4.69) is 20.6 Å². The van der Waals surface area contributed by atoms with Crippen LogP contribution in [0.3, 0.4) is 0 Å². The Bertz CT molecular complexity index is 1470. The van der Waals surface area contributed by atoms with Crippen LogP contribution in [0.25, 0.3) is 17.2 Å². The fourth-order valence-electron chi connectivity index (χ4n) is 3.48. The number of nitrogens with zero attached hydrogens (tertiary/aromatic N) is 5. The number of carbonyl (C=O) groups excluding carboxylic acids is 1. The van der Waals surface area contributed by atoms with Gasteiger partial charge in [-0.05, 0) is 43.7 Å². The number of carbonyl (C=O) groups is 1. The van der Waals surface area contributed by atoms with Gasteiger partial charge in [-0.3, -0.25) is 14.2 Å². The zero-order valence-electron chi connectivity index (χ0n) is 19.5. The number of anilines is 1. The molecule has 4 rings (SSSR count). The zero-order chi connectivity index (χ0) is 24.9. The van der Waals surface area contributed by atoms with Crippen LogP contribution in [-0.2, 0) is 17.8 Å². The second kappa shape index (κ2) is 10.2. The minimum Gasteiger partial charge on any atom is -0.495 e. The lowest BCUT2D eigenvalue weighted by Gasteiger charge is -2.10. The van der Waals surface area contributed by atoms with Gasteiger partial charge in [-0.25, -0.2) is 4.79 Å². The summed E-state index contributed by atoms with van der Waals surface area (Å²) in [6.45, 7) is 3.75. The second-order valence-corrected chi connectivity index (χ2v) is 7.69. The molecule has 0 aliphatic rings. The first-order chi connectivity index (χ1) is 16.9. The molecule has 4 aromatic rings. The number of rotatable bonds is 8. The topological polar surface area (TPSA) is 134 Å². The van der Waals surface area contributed by atoms with E-state index in [1.807, 2.05) is 25.1 Å². The van der Waals surface area contributed by atoms with E-state index in [-0.39, 0.29) is 42.7 Å². The molecule has 0 atom stereocenters. The number of ether oxygens (including phenoxy) is 1. The summed E-state index contributed by atoms with van der Waals surface area (Å²) in [5.74, 6) is 0.388. The normalized spacial score (nSPS) is 10.8. The van der Waals surface area contributed by atoms with Crippen molar-refractivity contribution in [1.82, 2.24) is 24.5 Å². The van der Waals surface area contributed by atoms with E-state index in [4.69, 9.17) is 9.26 Å². The highest BCUT2D eigenvalue weighted by Crippen LogP contribution is 2.25. The lowest BCUT2D eigenvalue weighted by molar-refractivity contribution is -0.116. The molecule has 0 fully saturated rings. The van der Waals surface area contributed by atoms with Gasteiger partial charge in [0.05, 0.1) is 18.5 Å². The van der Waals surface area contributed by atoms with Gasteiger partial charge in [-0.2, -0.15) is 14.8 Å². The molecule has 2 aromatic heterocycles. The predicted molar refractivity (Wildman–Crippen MR) is 128 cm³/mol. The molecule has 0 aliphatic carbocycles. The standard InChI is InChI=1S/C24H24N6O5/c1-4-29-23(32)21(27-30(24(29)33)16-8-6-5-7-9-16)22-26-20(35-28-22)13-12-19(31)25-17-14-15(2)10-11-18(17)34-3/h5-11,14H,4,12-13H2,1-3H3,(H,25,31). The third-order valence-corrected chi connectivity index (χ3v) is 5.25. The predicted octanol–water partition coefficient (Wildman–Crippen LogP) is 2.35. The Labute approximate surface area is 200 Å². The molecule has 0 aliphatic heterocycles. The molecular formula is C24H24N6O5. The van der Waals surface area contributed by atoms with Gasteiger partial charge >= 0.3 is 5.69 Å². The van der Waals surface area contributed by atoms with Gasteiger partial charge in [0.1, 0.15) is 5.75 Å². The SMILES string of the molecule is CCn1c(=O)c(-c2noc(CCC(=O)Nc3cc(C)ccc3OC)n2)nn(-c2ccccc2)c1=O. The minimum absolute atomic E-state index is 0.0577. The van der Waals surface area contributed by atoms with E-state index >= 15 is 0 Å². The number of aryl methyl sites for hydroxylation is 2. The van der Waals surface area contributed by atoms with E-state index in [9.17, 15) is 14.4 Å². The van der Waals surface area contributed by atoms with Crippen molar-refractivity contribution in [1.29, 1.82) is 0 Å². The lowest BCUT2D eigenvalue weighted by atomic mass is 10.2. The van der Waals surface area contributed by atoms with E-state index in [0.29, 0.717) is 17.1 Å². The third-order valence-electron chi connectivity index (χ3n) is 5.25. The Kier molecular flexibility index (Phi) is 6.86. The van der Waals surface area contributed by atoms with Gasteiger partial charge < -0.3 is 14.6 Å². The number of methoxy groups -OCH3 is 1. The Morgan fingerprint density at radius 2 is 1.91 bits per heavy atom. The average molecular weight is 476 g/mol. The first kappa shape index (κ1) is 23.6. The summed E-state index contributed by atoms with van der Waals surface area (Å²) >= 11 is 0. The van der Waals surface area contributed by atoms with E-state index in [0.717, 1.165) is 14.8 Å². The molecule has 0 spiro atoms. The number of amides is 1. The van der Waals surface area contributed by atoms with Gasteiger partial charge in [0, 0.05) is 19.4 Å². The fraction of sp³-hybridized carbons (Fsp3) is 0.250. The van der Waals surface area contributed by atoms with E-state index in [1.165, 1.54) is 7.11 Å². The van der Waals surface area contributed by atoms with Gasteiger partial charge in [0.15, 0.2) is 5.69 Å². The van der Waals surface area contributed by atoms with Crippen LogP contribution < -0.4 is 21.3 Å². The van der Waals surface area contributed by atoms with Crippen LogP contribution in [-0.4, -0.2) is 37.5 Å². The molecule has 35 heavy (non-hydrogen) atoms. The first-order valence-corrected chi connectivity index (χ1v) is 11.0. The fourth-order valence-corrected chi connectivity index (χ4v) is 3.48. The molecule has 0 bridgehead atoms. The van der Waals surface area contributed by atoms with Gasteiger partial charge in [-0.15, -0.1) is 0 Å². The molecule has 2 aromatic carbocycles. The highest BCUT2D eigenvalue weighted by Gasteiger charge is 2.20. The largest absolute Gasteiger partial charge is 0.495 e. The van der Waals surface area contributed by atoms with Crippen molar-refractivity contribution in [3.8, 4) is 23.0 Å². The summed E-state index contributed by atoms with van der Waals surface area (Å²) in [5, 5.41) is 10.9. The molecule has 11 nitrogen and oxygen atoms in total. The minimum atomic E-state index is -0.624. The molecular weight excluding hydrogens is 452 g/mol. The van der Waals surface area contributed by atoms with Crippen molar-refractivity contribution < 1.29 is 14.1 Å². The summed E-state index contributed by atoms with van der Waals surface area (Å²) in [7, 11) is 1.53. The Morgan fingerprint density at radius 1 is 1.14 bits per heavy atom. The lowest BCUT2D eigenvalue weighted by Crippen LogP contribution is -2.41. The van der Waals surface area contributed by atoms with Gasteiger partial charge in [-0.1, -0.05) is 29.4 Å². The Morgan fingerprint density at radius 3 is 2.63 bits per heavy atom. The number of hydrogen-bond donors (Lipinski definition) is 1. The number of para-hydroxylation sites is 1. The van der Waals surface area contributed by atoms with Crippen LogP contribution in [0.4, 0.5) is 5.69 Å². The van der Waals surface area contributed by atoms with Crippen LogP contribution in [0, 0.1) is 6.92 Å². The number of benzene rings is 2. The highest BCUT2D eigenvalue weighted by atomic mass is 16.5. The Balaban J connectivity index is 1.55. The maximum absolute atomic E-state index is 12.9. The molecule has 0 radical (unpaired) electrons. The first-order valence-electron chi connectivity index (χ1n) is 11.0. The van der Waals surface area contributed by atoms with Crippen LogP contribution >= 0.6 is 0 Å². The summed E-state index contributed by atoms with van der Waals surface area (Å²) in [6, 6.07) is 14.2. The number of hydrogen-bond acceptors (Lipinski definition) is 8. The van der Waals surface area contributed by atoms with Crippen molar-refractivity contribution in [2.75, 3.05) is 12.4 Å². The smallest absolute Gasteiger partial charge is 0.352 e.